The van der Waals surface area contributed by atoms with E-state index in [1.807, 2.05) is 19.2 Å². The molecule has 3 heteroatoms. The Bertz CT molecular complexity index is 507. The van der Waals surface area contributed by atoms with E-state index < -0.39 is 0 Å². The van der Waals surface area contributed by atoms with Crippen molar-refractivity contribution in [3.63, 3.8) is 0 Å². The van der Waals surface area contributed by atoms with Gasteiger partial charge in [-0.3, -0.25) is 0 Å². The molecule has 2 nitrogen and oxygen atoms in total. The van der Waals surface area contributed by atoms with Gasteiger partial charge in [-0.25, -0.2) is 0 Å². The Morgan fingerprint density at radius 1 is 1.05 bits per heavy atom. The highest BCUT2D eigenvalue weighted by Crippen LogP contribution is 2.21. The summed E-state index contributed by atoms with van der Waals surface area (Å²) in [6.07, 6.45) is 0.986. The Labute approximate surface area is 128 Å². The fraction of sp³-hybridized carbons (Fsp3) is 0.250. The first-order chi connectivity index (χ1) is 9.22. The van der Waals surface area contributed by atoms with Gasteiger partial charge in [0.15, 0.2) is 0 Å². The average molecular weight is 367 g/mol. The molecule has 2 aromatic carbocycles. The molecule has 1 N–H and O–H groups in total. The molecule has 0 amide bonds. The summed E-state index contributed by atoms with van der Waals surface area (Å²) in [7, 11) is 3.69. The molecule has 0 heterocycles. The number of ether oxygens (including phenoxy) is 1. The first-order valence-corrected chi connectivity index (χ1v) is 7.36. The van der Waals surface area contributed by atoms with Gasteiger partial charge in [0.25, 0.3) is 0 Å². The van der Waals surface area contributed by atoms with Crippen LogP contribution in [0.3, 0.4) is 0 Å². The molecule has 0 aromatic heterocycles. The lowest BCUT2D eigenvalue weighted by atomic mass is 9.99. The van der Waals surface area contributed by atoms with Crippen molar-refractivity contribution in [3.8, 4) is 5.75 Å². The lowest BCUT2D eigenvalue weighted by molar-refractivity contribution is 0.414. The van der Waals surface area contributed by atoms with Crippen LogP contribution in [0, 0.1) is 3.57 Å². The molecular formula is C16H18INO. The molecule has 1 atom stereocenters. The van der Waals surface area contributed by atoms with Crippen LogP contribution in [0.5, 0.6) is 5.75 Å². The third kappa shape index (κ3) is 3.94. The number of hydrogen-bond donors (Lipinski definition) is 1. The molecule has 1 unspecified atom stereocenters. The number of rotatable bonds is 5. The Balaban J connectivity index is 2.12. The van der Waals surface area contributed by atoms with Gasteiger partial charge in [-0.1, -0.05) is 24.3 Å². The molecule has 0 fully saturated rings. The van der Waals surface area contributed by atoms with Gasteiger partial charge in [0, 0.05) is 9.61 Å². The number of halogens is 1. The topological polar surface area (TPSA) is 21.3 Å². The highest BCUT2D eigenvalue weighted by Gasteiger charge is 2.10. The van der Waals surface area contributed by atoms with E-state index in [9.17, 15) is 0 Å². The second-order valence-electron chi connectivity index (χ2n) is 4.45. The monoisotopic (exact) mass is 367 g/mol. The highest BCUT2D eigenvalue weighted by molar-refractivity contribution is 14.1. The highest BCUT2D eigenvalue weighted by atomic mass is 127. The van der Waals surface area contributed by atoms with Crippen LogP contribution in [0.15, 0.2) is 48.5 Å². The molecule has 0 saturated heterocycles. The van der Waals surface area contributed by atoms with E-state index in [0.29, 0.717) is 6.04 Å². The number of benzene rings is 2. The number of likely N-dealkylation sites (N-methyl/N-ethyl adjacent to an activating group) is 1. The summed E-state index contributed by atoms with van der Waals surface area (Å²) in [5.74, 6) is 0.896. The van der Waals surface area contributed by atoms with Crippen LogP contribution < -0.4 is 10.1 Å². The Kier molecular flexibility index (Phi) is 5.22. The minimum Gasteiger partial charge on any atom is -0.497 e. The van der Waals surface area contributed by atoms with E-state index in [-0.39, 0.29) is 0 Å². The van der Waals surface area contributed by atoms with Gasteiger partial charge in [0.05, 0.1) is 7.11 Å². The van der Waals surface area contributed by atoms with Crippen molar-refractivity contribution in [1.82, 2.24) is 5.32 Å². The minimum absolute atomic E-state index is 0.325. The summed E-state index contributed by atoms with van der Waals surface area (Å²) >= 11 is 2.33. The number of hydrogen-bond acceptors (Lipinski definition) is 2. The Hall–Kier alpha value is -1.07. The molecule has 0 aliphatic carbocycles. The standard InChI is InChI=1S/C16H18INO/c1-18-16(11-12-3-7-14(17)8-4-12)13-5-9-15(19-2)10-6-13/h3-10,16,18H,11H2,1-2H3. The molecule has 19 heavy (non-hydrogen) atoms. The van der Waals surface area contributed by atoms with Gasteiger partial charge in [-0.05, 0) is 71.5 Å². The van der Waals surface area contributed by atoms with E-state index in [2.05, 4.69) is 64.3 Å². The lowest BCUT2D eigenvalue weighted by Crippen LogP contribution is -2.18. The van der Waals surface area contributed by atoms with Gasteiger partial charge >= 0.3 is 0 Å². The fourth-order valence-corrected chi connectivity index (χ4v) is 2.44. The molecular weight excluding hydrogens is 349 g/mol. The maximum Gasteiger partial charge on any atom is 0.118 e. The zero-order valence-electron chi connectivity index (χ0n) is 11.2. The third-order valence-corrected chi connectivity index (χ3v) is 3.94. The molecule has 2 rings (SSSR count). The van der Waals surface area contributed by atoms with Crippen LogP contribution in [0.25, 0.3) is 0 Å². The van der Waals surface area contributed by atoms with E-state index >= 15 is 0 Å². The molecule has 0 saturated carbocycles. The molecule has 2 aromatic rings. The molecule has 0 spiro atoms. The second-order valence-corrected chi connectivity index (χ2v) is 5.69. The van der Waals surface area contributed by atoms with Crippen molar-refractivity contribution in [2.24, 2.45) is 0 Å². The minimum atomic E-state index is 0.325. The molecule has 0 aliphatic rings. The predicted molar refractivity (Wildman–Crippen MR) is 87.7 cm³/mol. The normalized spacial score (nSPS) is 12.2. The van der Waals surface area contributed by atoms with E-state index in [4.69, 9.17) is 4.74 Å². The Morgan fingerprint density at radius 2 is 1.68 bits per heavy atom. The predicted octanol–water partition coefficient (Wildman–Crippen LogP) is 3.80. The number of nitrogens with one attached hydrogen (secondary N) is 1. The summed E-state index contributed by atoms with van der Waals surface area (Å²) in [6.45, 7) is 0. The van der Waals surface area contributed by atoms with Crippen molar-refractivity contribution in [3.05, 3.63) is 63.2 Å². The van der Waals surface area contributed by atoms with Crippen molar-refractivity contribution in [2.45, 2.75) is 12.5 Å². The van der Waals surface area contributed by atoms with Crippen molar-refractivity contribution < 1.29 is 4.74 Å². The van der Waals surface area contributed by atoms with Crippen LogP contribution in [0.2, 0.25) is 0 Å². The lowest BCUT2D eigenvalue weighted by Gasteiger charge is -2.17. The summed E-state index contributed by atoms with van der Waals surface area (Å²) < 4.78 is 6.46. The largest absolute Gasteiger partial charge is 0.497 e. The van der Waals surface area contributed by atoms with Crippen LogP contribution in [0.1, 0.15) is 17.2 Å². The van der Waals surface area contributed by atoms with Crippen molar-refractivity contribution >= 4 is 22.6 Å². The fourth-order valence-electron chi connectivity index (χ4n) is 2.08. The smallest absolute Gasteiger partial charge is 0.118 e. The van der Waals surface area contributed by atoms with Crippen LogP contribution in [-0.4, -0.2) is 14.2 Å². The summed E-state index contributed by atoms with van der Waals surface area (Å²) in [5, 5.41) is 3.38. The van der Waals surface area contributed by atoms with Crippen LogP contribution >= 0.6 is 22.6 Å². The SMILES string of the molecule is CNC(Cc1ccc(I)cc1)c1ccc(OC)cc1. The summed E-state index contributed by atoms with van der Waals surface area (Å²) in [4.78, 5) is 0. The summed E-state index contributed by atoms with van der Waals surface area (Å²) in [6, 6.07) is 17.3. The van der Waals surface area contributed by atoms with Crippen LogP contribution in [-0.2, 0) is 6.42 Å². The molecule has 100 valence electrons. The summed E-state index contributed by atoms with van der Waals surface area (Å²) in [5.41, 5.74) is 2.62. The van der Waals surface area contributed by atoms with Crippen molar-refractivity contribution in [1.29, 1.82) is 0 Å². The second kappa shape index (κ2) is 6.91. The molecule has 0 radical (unpaired) electrons. The van der Waals surface area contributed by atoms with Crippen LogP contribution in [0.4, 0.5) is 0 Å². The third-order valence-electron chi connectivity index (χ3n) is 3.22. The van der Waals surface area contributed by atoms with E-state index in [1.54, 1.807) is 7.11 Å². The maximum atomic E-state index is 5.19. The Morgan fingerprint density at radius 3 is 2.21 bits per heavy atom. The zero-order valence-corrected chi connectivity index (χ0v) is 13.3. The molecule has 0 bridgehead atoms. The zero-order chi connectivity index (χ0) is 13.7. The first-order valence-electron chi connectivity index (χ1n) is 6.28. The molecule has 0 aliphatic heterocycles. The van der Waals surface area contributed by atoms with E-state index in [0.717, 1.165) is 12.2 Å². The van der Waals surface area contributed by atoms with Crippen molar-refractivity contribution in [2.75, 3.05) is 14.2 Å². The average Bonchev–Trinajstić information content (AvgIpc) is 2.47. The van der Waals surface area contributed by atoms with Gasteiger partial charge in [-0.2, -0.15) is 0 Å². The van der Waals surface area contributed by atoms with Gasteiger partial charge in [0.2, 0.25) is 0 Å². The first kappa shape index (κ1) is 14.3. The number of methoxy groups -OCH3 is 1. The van der Waals surface area contributed by atoms with E-state index in [1.165, 1.54) is 14.7 Å². The maximum absolute atomic E-state index is 5.19. The van der Waals surface area contributed by atoms with Gasteiger partial charge in [-0.15, -0.1) is 0 Å². The van der Waals surface area contributed by atoms with Gasteiger partial charge < -0.3 is 10.1 Å². The quantitative estimate of drug-likeness (QED) is 0.812. The van der Waals surface area contributed by atoms with Gasteiger partial charge in [0.1, 0.15) is 5.75 Å².